The summed E-state index contributed by atoms with van der Waals surface area (Å²) >= 11 is 0. The Bertz CT molecular complexity index is 689. The summed E-state index contributed by atoms with van der Waals surface area (Å²) in [4.78, 5) is 12.3. The molecule has 0 aliphatic heterocycles. The van der Waals surface area contributed by atoms with Crippen molar-refractivity contribution in [2.75, 3.05) is 5.32 Å². The number of benzene rings is 1. The van der Waals surface area contributed by atoms with Crippen LogP contribution in [0.15, 0.2) is 22.8 Å². The van der Waals surface area contributed by atoms with E-state index in [2.05, 4.69) is 27.8 Å². The van der Waals surface area contributed by atoms with Gasteiger partial charge in [-0.15, -0.1) is 0 Å². The number of hydrogen-bond acceptors (Lipinski definition) is 4. The molecule has 0 fully saturated rings. The standard InChI is InChI=1S/C18H23N3O2/c1-3-12(4-2)18(22)19-17-16(20-23-21-17)15-10-9-13-7-5-6-8-14(13)11-15/h9-12H,3-8H2,1-2H3,(H,19,21,22). The zero-order valence-electron chi connectivity index (χ0n) is 13.8. The van der Waals surface area contributed by atoms with E-state index in [0.717, 1.165) is 31.2 Å². The van der Waals surface area contributed by atoms with Crippen LogP contribution in [0.1, 0.15) is 50.7 Å². The number of hydrogen-bond donors (Lipinski definition) is 1. The van der Waals surface area contributed by atoms with Crippen molar-refractivity contribution in [3.05, 3.63) is 29.3 Å². The molecule has 2 aromatic rings. The number of aromatic nitrogens is 2. The topological polar surface area (TPSA) is 68.0 Å². The maximum Gasteiger partial charge on any atom is 0.228 e. The lowest BCUT2D eigenvalue weighted by Crippen LogP contribution is -2.22. The minimum atomic E-state index is -0.0232. The van der Waals surface area contributed by atoms with Gasteiger partial charge < -0.3 is 5.32 Å². The fraction of sp³-hybridized carbons (Fsp3) is 0.500. The molecule has 0 atom stereocenters. The van der Waals surface area contributed by atoms with Crippen molar-refractivity contribution < 1.29 is 9.42 Å². The molecule has 23 heavy (non-hydrogen) atoms. The minimum Gasteiger partial charge on any atom is -0.306 e. The van der Waals surface area contributed by atoms with Crippen LogP contribution in [0, 0.1) is 5.92 Å². The smallest absolute Gasteiger partial charge is 0.228 e. The Kier molecular flexibility index (Phi) is 4.74. The highest BCUT2D eigenvalue weighted by atomic mass is 16.6. The molecule has 3 rings (SSSR count). The van der Waals surface area contributed by atoms with Crippen LogP contribution >= 0.6 is 0 Å². The summed E-state index contributed by atoms with van der Waals surface area (Å²) in [6.07, 6.45) is 6.35. The van der Waals surface area contributed by atoms with Gasteiger partial charge >= 0.3 is 0 Å². The van der Waals surface area contributed by atoms with Crippen molar-refractivity contribution in [3.8, 4) is 11.3 Å². The van der Waals surface area contributed by atoms with E-state index in [9.17, 15) is 4.79 Å². The molecule has 0 saturated carbocycles. The lowest BCUT2D eigenvalue weighted by Gasteiger charge is -2.16. The Morgan fingerprint density at radius 2 is 1.91 bits per heavy atom. The van der Waals surface area contributed by atoms with Gasteiger partial charge in [0.2, 0.25) is 11.7 Å². The van der Waals surface area contributed by atoms with Crippen molar-refractivity contribution in [2.24, 2.45) is 5.92 Å². The molecule has 1 aromatic carbocycles. The summed E-state index contributed by atoms with van der Waals surface area (Å²) < 4.78 is 4.88. The third kappa shape index (κ3) is 3.28. The molecule has 122 valence electrons. The van der Waals surface area contributed by atoms with Gasteiger partial charge in [0.15, 0.2) is 5.69 Å². The number of aryl methyl sites for hydroxylation is 2. The van der Waals surface area contributed by atoms with Gasteiger partial charge in [0.25, 0.3) is 0 Å². The number of nitrogens with zero attached hydrogens (tertiary/aromatic N) is 2. The van der Waals surface area contributed by atoms with E-state index in [1.165, 1.54) is 24.0 Å². The summed E-state index contributed by atoms with van der Waals surface area (Å²) in [7, 11) is 0. The molecule has 1 heterocycles. The molecular weight excluding hydrogens is 290 g/mol. The number of carbonyl (C=O) groups is 1. The highest BCUT2D eigenvalue weighted by Crippen LogP contribution is 2.30. The Morgan fingerprint density at radius 1 is 1.17 bits per heavy atom. The second-order valence-electron chi connectivity index (χ2n) is 6.15. The predicted molar refractivity (Wildman–Crippen MR) is 89.1 cm³/mol. The molecule has 1 aliphatic rings. The molecule has 5 nitrogen and oxygen atoms in total. The van der Waals surface area contributed by atoms with Crippen molar-refractivity contribution in [2.45, 2.75) is 52.4 Å². The average Bonchev–Trinajstić information content (AvgIpc) is 3.03. The minimum absolute atomic E-state index is 0.0110. The average molecular weight is 313 g/mol. The van der Waals surface area contributed by atoms with Gasteiger partial charge in [0, 0.05) is 11.5 Å². The van der Waals surface area contributed by atoms with E-state index in [4.69, 9.17) is 4.63 Å². The quantitative estimate of drug-likeness (QED) is 0.906. The lowest BCUT2D eigenvalue weighted by atomic mass is 9.90. The Labute approximate surface area is 136 Å². The van der Waals surface area contributed by atoms with Gasteiger partial charge in [-0.3, -0.25) is 4.79 Å². The Morgan fingerprint density at radius 3 is 2.65 bits per heavy atom. The summed E-state index contributed by atoms with van der Waals surface area (Å²) in [5.41, 5.74) is 4.34. The number of anilines is 1. The van der Waals surface area contributed by atoms with Gasteiger partial charge in [-0.25, -0.2) is 4.63 Å². The molecule has 1 aliphatic carbocycles. The van der Waals surface area contributed by atoms with Gasteiger partial charge in [-0.2, -0.15) is 0 Å². The highest BCUT2D eigenvalue weighted by molar-refractivity contribution is 5.94. The van der Waals surface area contributed by atoms with Crippen LogP contribution in [0.3, 0.4) is 0 Å². The first-order valence-electron chi connectivity index (χ1n) is 8.48. The van der Waals surface area contributed by atoms with Crippen molar-refractivity contribution in [1.82, 2.24) is 10.3 Å². The number of nitrogens with one attached hydrogen (secondary N) is 1. The zero-order valence-corrected chi connectivity index (χ0v) is 13.8. The molecule has 5 heteroatoms. The third-order valence-corrected chi connectivity index (χ3v) is 4.71. The maximum atomic E-state index is 12.3. The third-order valence-electron chi connectivity index (χ3n) is 4.71. The van der Waals surface area contributed by atoms with E-state index in [0.29, 0.717) is 11.5 Å². The van der Waals surface area contributed by atoms with Gasteiger partial charge in [0.05, 0.1) is 0 Å². The van der Waals surface area contributed by atoms with Gasteiger partial charge in [-0.05, 0) is 66.0 Å². The molecule has 0 saturated heterocycles. The lowest BCUT2D eigenvalue weighted by molar-refractivity contribution is -0.120. The van der Waals surface area contributed by atoms with E-state index in [1.54, 1.807) is 0 Å². The number of rotatable bonds is 5. The van der Waals surface area contributed by atoms with Gasteiger partial charge in [0.1, 0.15) is 0 Å². The van der Waals surface area contributed by atoms with E-state index in [-0.39, 0.29) is 11.8 Å². The van der Waals surface area contributed by atoms with Gasteiger partial charge in [-0.1, -0.05) is 26.0 Å². The molecule has 0 spiro atoms. The molecule has 1 amide bonds. The predicted octanol–water partition coefficient (Wildman–Crippen LogP) is 3.99. The first-order valence-corrected chi connectivity index (χ1v) is 8.48. The second kappa shape index (κ2) is 6.94. The second-order valence-corrected chi connectivity index (χ2v) is 6.15. The van der Waals surface area contributed by atoms with Crippen LogP contribution in [0.5, 0.6) is 0 Å². The number of fused-ring (bicyclic) bond motifs is 1. The molecule has 1 N–H and O–H groups in total. The van der Waals surface area contributed by atoms with Crippen molar-refractivity contribution in [3.63, 3.8) is 0 Å². The van der Waals surface area contributed by atoms with Crippen LogP contribution in [-0.4, -0.2) is 16.2 Å². The van der Waals surface area contributed by atoms with Crippen LogP contribution < -0.4 is 5.32 Å². The molecule has 0 radical (unpaired) electrons. The fourth-order valence-electron chi connectivity index (χ4n) is 3.22. The van der Waals surface area contributed by atoms with Crippen LogP contribution in [0.4, 0.5) is 5.82 Å². The largest absolute Gasteiger partial charge is 0.306 e. The van der Waals surface area contributed by atoms with Crippen molar-refractivity contribution >= 4 is 11.7 Å². The Balaban J connectivity index is 1.85. The maximum absolute atomic E-state index is 12.3. The molecular formula is C18H23N3O2. The molecule has 1 aromatic heterocycles. The zero-order chi connectivity index (χ0) is 16.2. The Hall–Kier alpha value is -2.17. The SMILES string of the molecule is CCC(CC)C(=O)Nc1nonc1-c1ccc2c(c1)CCCC2. The van der Waals surface area contributed by atoms with E-state index >= 15 is 0 Å². The monoisotopic (exact) mass is 313 g/mol. The molecule has 0 unspecified atom stereocenters. The summed E-state index contributed by atoms with van der Waals surface area (Å²) in [5, 5.41) is 10.7. The van der Waals surface area contributed by atoms with Crippen molar-refractivity contribution in [1.29, 1.82) is 0 Å². The van der Waals surface area contributed by atoms with Crippen LogP contribution in [-0.2, 0) is 17.6 Å². The fourth-order valence-corrected chi connectivity index (χ4v) is 3.22. The number of carbonyl (C=O) groups excluding carboxylic acids is 1. The summed E-state index contributed by atoms with van der Waals surface area (Å²) in [5.74, 6) is 0.380. The van der Waals surface area contributed by atoms with E-state index in [1.807, 2.05) is 19.9 Å². The van der Waals surface area contributed by atoms with Crippen LogP contribution in [0.25, 0.3) is 11.3 Å². The normalized spacial score (nSPS) is 13.9. The first kappa shape index (κ1) is 15.7. The number of amides is 1. The summed E-state index contributed by atoms with van der Waals surface area (Å²) in [6, 6.07) is 6.35. The first-order chi connectivity index (χ1) is 11.2. The molecule has 0 bridgehead atoms. The van der Waals surface area contributed by atoms with Crippen LogP contribution in [0.2, 0.25) is 0 Å². The summed E-state index contributed by atoms with van der Waals surface area (Å²) in [6.45, 7) is 4.03. The van der Waals surface area contributed by atoms with E-state index < -0.39 is 0 Å². The highest BCUT2D eigenvalue weighted by Gasteiger charge is 2.20.